The second-order valence-corrected chi connectivity index (χ2v) is 7.54. The van der Waals surface area contributed by atoms with Gasteiger partial charge in [0.2, 0.25) is 0 Å². The van der Waals surface area contributed by atoms with Gasteiger partial charge in [-0.25, -0.2) is 13.2 Å². The molecule has 0 radical (unpaired) electrons. The molecule has 0 fully saturated rings. The van der Waals surface area contributed by atoms with Gasteiger partial charge < -0.3 is 14.8 Å². The number of aryl methyl sites for hydroxylation is 1. The number of terminal acetylenes is 1. The number of anilines is 1. The SMILES string of the molecule is C#CCNC(=O)COC(=O)c1ccc(OC)c(S(=O)(=O)Nc2ccc(C)cc2)c1. The largest absolute Gasteiger partial charge is 0.495 e. The first-order valence-corrected chi connectivity index (χ1v) is 9.90. The monoisotopic (exact) mass is 416 g/mol. The second kappa shape index (κ2) is 9.61. The zero-order chi connectivity index (χ0) is 21.4. The van der Waals surface area contributed by atoms with Crippen LogP contribution in [0.25, 0.3) is 0 Å². The Balaban J connectivity index is 2.23. The van der Waals surface area contributed by atoms with Gasteiger partial charge in [-0.05, 0) is 37.3 Å². The summed E-state index contributed by atoms with van der Waals surface area (Å²) in [6, 6.07) is 10.5. The molecule has 0 aliphatic carbocycles. The fourth-order valence-electron chi connectivity index (χ4n) is 2.26. The summed E-state index contributed by atoms with van der Waals surface area (Å²) in [6.45, 7) is 1.34. The van der Waals surface area contributed by atoms with Gasteiger partial charge in [-0.3, -0.25) is 9.52 Å². The van der Waals surface area contributed by atoms with Crippen molar-refractivity contribution in [1.82, 2.24) is 5.32 Å². The van der Waals surface area contributed by atoms with E-state index in [-0.39, 0.29) is 22.8 Å². The van der Waals surface area contributed by atoms with Crippen LogP contribution in [0.3, 0.4) is 0 Å². The van der Waals surface area contributed by atoms with Crippen LogP contribution in [0.2, 0.25) is 0 Å². The highest BCUT2D eigenvalue weighted by Gasteiger charge is 2.22. The summed E-state index contributed by atoms with van der Waals surface area (Å²) in [6.07, 6.45) is 5.02. The summed E-state index contributed by atoms with van der Waals surface area (Å²) < 4.78 is 38.0. The second-order valence-electron chi connectivity index (χ2n) is 5.89. The van der Waals surface area contributed by atoms with Gasteiger partial charge in [-0.1, -0.05) is 23.6 Å². The van der Waals surface area contributed by atoms with Crippen molar-refractivity contribution in [3.63, 3.8) is 0 Å². The lowest BCUT2D eigenvalue weighted by atomic mass is 10.2. The maximum absolute atomic E-state index is 12.8. The normalized spacial score (nSPS) is 10.5. The van der Waals surface area contributed by atoms with E-state index in [9.17, 15) is 18.0 Å². The summed E-state index contributed by atoms with van der Waals surface area (Å²) in [5.41, 5.74) is 1.28. The number of hydrogen-bond donors (Lipinski definition) is 2. The highest BCUT2D eigenvalue weighted by Crippen LogP contribution is 2.27. The van der Waals surface area contributed by atoms with E-state index in [0.717, 1.165) is 11.6 Å². The summed E-state index contributed by atoms with van der Waals surface area (Å²) in [7, 11) is -2.74. The molecule has 2 aromatic carbocycles. The molecule has 0 bridgehead atoms. The van der Waals surface area contributed by atoms with Crippen LogP contribution in [0.4, 0.5) is 5.69 Å². The van der Waals surface area contributed by atoms with Crippen LogP contribution < -0.4 is 14.8 Å². The molecule has 0 aliphatic heterocycles. The smallest absolute Gasteiger partial charge is 0.338 e. The van der Waals surface area contributed by atoms with E-state index in [2.05, 4.69) is 16.0 Å². The summed E-state index contributed by atoms with van der Waals surface area (Å²) >= 11 is 0. The third-order valence-corrected chi connectivity index (χ3v) is 5.12. The first-order chi connectivity index (χ1) is 13.8. The van der Waals surface area contributed by atoms with Gasteiger partial charge in [-0.15, -0.1) is 6.42 Å². The molecule has 1 amide bonds. The molecule has 152 valence electrons. The third kappa shape index (κ3) is 5.99. The molecule has 2 rings (SSSR count). The number of sulfonamides is 1. The van der Waals surface area contributed by atoms with E-state index in [1.807, 2.05) is 6.92 Å². The number of ether oxygens (including phenoxy) is 2. The predicted octanol–water partition coefficient (Wildman–Crippen LogP) is 1.71. The maximum atomic E-state index is 12.8. The highest BCUT2D eigenvalue weighted by atomic mass is 32.2. The first kappa shape index (κ1) is 21.8. The molecular weight excluding hydrogens is 396 g/mol. The van der Waals surface area contributed by atoms with Gasteiger partial charge in [0.15, 0.2) is 6.61 Å². The molecule has 2 aromatic rings. The molecule has 0 atom stereocenters. The van der Waals surface area contributed by atoms with Gasteiger partial charge in [0.1, 0.15) is 10.6 Å². The molecule has 0 saturated carbocycles. The van der Waals surface area contributed by atoms with Crippen molar-refractivity contribution in [2.75, 3.05) is 25.0 Å². The Morgan fingerprint density at radius 3 is 2.45 bits per heavy atom. The number of rotatable bonds is 8. The summed E-state index contributed by atoms with van der Waals surface area (Å²) in [5.74, 6) is 0.831. The Kier molecular flexibility index (Phi) is 7.22. The lowest BCUT2D eigenvalue weighted by Gasteiger charge is -2.13. The fourth-order valence-corrected chi connectivity index (χ4v) is 3.52. The van der Waals surface area contributed by atoms with Crippen molar-refractivity contribution in [2.45, 2.75) is 11.8 Å². The lowest BCUT2D eigenvalue weighted by molar-refractivity contribution is -0.123. The van der Waals surface area contributed by atoms with Crippen LogP contribution in [0, 0.1) is 19.3 Å². The highest BCUT2D eigenvalue weighted by molar-refractivity contribution is 7.92. The minimum Gasteiger partial charge on any atom is -0.495 e. The van der Waals surface area contributed by atoms with Crippen LogP contribution in [-0.2, 0) is 19.6 Å². The van der Waals surface area contributed by atoms with E-state index in [0.29, 0.717) is 5.69 Å². The van der Waals surface area contributed by atoms with E-state index in [1.165, 1.54) is 19.2 Å². The molecular formula is C20H20N2O6S. The van der Waals surface area contributed by atoms with Gasteiger partial charge in [-0.2, -0.15) is 0 Å². The standard InChI is InChI=1S/C20H20N2O6S/c1-4-11-21-19(23)13-28-20(24)15-7-10-17(27-3)18(12-15)29(25,26)22-16-8-5-14(2)6-9-16/h1,5-10,12,22H,11,13H2,2-3H3,(H,21,23). The van der Waals surface area contributed by atoms with Crippen LogP contribution in [0.15, 0.2) is 47.4 Å². The molecule has 0 unspecified atom stereocenters. The number of esters is 1. The molecule has 9 heteroatoms. The molecule has 0 spiro atoms. The average Bonchev–Trinajstić information content (AvgIpc) is 2.71. The van der Waals surface area contributed by atoms with Crippen molar-refractivity contribution < 1.29 is 27.5 Å². The zero-order valence-corrected chi connectivity index (χ0v) is 16.7. The van der Waals surface area contributed by atoms with Crippen LogP contribution in [0.5, 0.6) is 5.75 Å². The molecule has 0 saturated heterocycles. The van der Waals surface area contributed by atoms with Crippen LogP contribution in [0.1, 0.15) is 15.9 Å². The molecule has 0 heterocycles. The molecule has 2 N–H and O–H groups in total. The van der Waals surface area contributed by atoms with Crippen molar-refractivity contribution >= 4 is 27.6 Å². The van der Waals surface area contributed by atoms with Crippen molar-refractivity contribution in [2.24, 2.45) is 0 Å². The number of benzene rings is 2. The summed E-state index contributed by atoms with van der Waals surface area (Å²) in [5, 5.41) is 2.35. The number of nitrogens with one attached hydrogen (secondary N) is 2. The quantitative estimate of drug-likeness (QED) is 0.501. The number of hydrogen-bond acceptors (Lipinski definition) is 6. The minimum atomic E-state index is -4.05. The van der Waals surface area contributed by atoms with Gasteiger partial charge >= 0.3 is 5.97 Å². The lowest BCUT2D eigenvalue weighted by Crippen LogP contribution is -2.29. The Morgan fingerprint density at radius 1 is 1.14 bits per heavy atom. The summed E-state index contributed by atoms with van der Waals surface area (Å²) in [4.78, 5) is 23.4. The Morgan fingerprint density at radius 2 is 1.83 bits per heavy atom. The number of amides is 1. The molecule has 29 heavy (non-hydrogen) atoms. The average molecular weight is 416 g/mol. The topological polar surface area (TPSA) is 111 Å². The van der Waals surface area contributed by atoms with Gasteiger partial charge in [0.05, 0.1) is 19.2 Å². The Labute approximate surface area is 169 Å². The fraction of sp³-hybridized carbons (Fsp3) is 0.200. The van der Waals surface area contributed by atoms with Crippen LogP contribution in [-0.4, -0.2) is 40.6 Å². The number of methoxy groups -OCH3 is 1. The number of carbonyl (C=O) groups is 2. The van der Waals surface area contributed by atoms with E-state index < -0.39 is 28.5 Å². The van der Waals surface area contributed by atoms with E-state index in [4.69, 9.17) is 15.9 Å². The van der Waals surface area contributed by atoms with E-state index in [1.54, 1.807) is 24.3 Å². The molecule has 8 nitrogen and oxygen atoms in total. The maximum Gasteiger partial charge on any atom is 0.338 e. The zero-order valence-electron chi connectivity index (χ0n) is 15.9. The first-order valence-electron chi connectivity index (χ1n) is 8.41. The van der Waals surface area contributed by atoms with Gasteiger partial charge in [0, 0.05) is 5.69 Å². The molecule has 0 aliphatic rings. The number of carbonyl (C=O) groups excluding carboxylic acids is 2. The Hall–Kier alpha value is -3.51. The van der Waals surface area contributed by atoms with Crippen molar-refractivity contribution in [1.29, 1.82) is 0 Å². The van der Waals surface area contributed by atoms with Crippen LogP contribution >= 0.6 is 0 Å². The third-order valence-electron chi connectivity index (χ3n) is 3.71. The minimum absolute atomic E-state index is 0.00594. The van der Waals surface area contributed by atoms with Gasteiger partial charge in [0.25, 0.3) is 15.9 Å². The van der Waals surface area contributed by atoms with E-state index >= 15 is 0 Å². The Bertz CT molecular complexity index is 1040. The van der Waals surface area contributed by atoms with Crippen molar-refractivity contribution in [3.8, 4) is 18.1 Å². The predicted molar refractivity (Wildman–Crippen MR) is 107 cm³/mol. The van der Waals surface area contributed by atoms with Crippen molar-refractivity contribution in [3.05, 3.63) is 53.6 Å². The molecule has 0 aromatic heterocycles.